The minimum Gasteiger partial charge on any atom is -0.497 e. The molecule has 1 aromatic carbocycles. The van der Waals surface area contributed by atoms with E-state index in [0.717, 1.165) is 30.6 Å². The number of H-pyrrole nitrogens is 1. The topological polar surface area (TPSA) is 87.2 Å². The number of nitrogens with zero attached hydrogens (tertiary/aromatic N) is 1. The number of rotatable bonds is 5. The van der Waals surface area contributed by atoms with Crippen molar-refractivity contribution in [3.8, 4) is 17.0 Å². The largest absolute Gasteiger partial charge is 0.497 e. The lowest BCUT2D eigenvalue weighted by molar-refractivity contribution is 0.0912. The van der Waals surface area contributed by atoms with Gasteiger partial charge in [0, 0.05) is 18.0 Å². The van der Waals surface area contributed by atoms with Crippen LogP contribution in [0.1, 0.15) is 29.8 Å². The number of amides is 1. The molecule has 3 N–H and O–H groups in total. The van der Waals surface area contributed by atoms with Crippen LogP contribution in [0.2, 0.25) is 0 Å². The molecular formula is C17H21N3O3. The number of aromatic nitrogens is 2. The number of carbonyl (C=O) groups is 1. The van der Waals surface area contributed by atoms with Crippen LogP contribution in [0, 0.1) is 5.92 Å². The van der Waals surface area contributed by atoms with Gasteiger partial charge in [0.1, 0.15) is 11.4 Å². The Kier molecular flexibility index (Phi) is 4.62. The van der Waals surface area contributed by atoms with Crippen molar-refractivity contribution in [2.45, 2.75) is 25.4 Å². The summed E-state index contributed by atoms with van der Waals surface area (Å²) in [6, 6.07) is 9.22. The van der Waals surface area contributed by atoms with Crippen LogP contribution in [0.25, 0.3) is 11.3 Å². The van der Waals surface area contributed by atoms with Gasteiger partial charge in [0.15, 0.2) is 0 Å². The summed E-state index contributed by atoms with van der Waals surface area (Å²) in [5.74, 6) is 0.733. The Bertz CT molecular complexity index is 666. The van der Waals surface area contributed by atoms with Gasteiger partial charge in [-0.3, -0.25) is 9.89 Å². The van der Waals surface area contributed by atoms with E-state index in [9.17, 15) is 9.90 Å². The zero-order valence-corrected chi connectivity index (χ0v) is 13.1. The summed E-state index contributed by atoms with van der Waals surface area (Å²) in [5.41, 5.74) is 2.04. The first-order valence-corrected chi connectivity index (χ1v) is 7.83. The molecule has 1 fully saturated rings. The van der Waals surface area contributed by atoms with Gasteiger partial charge >= 0.3 is 0 Å². The molecule has 0 radical (unpaired) electrons. The first-order chi connectivity index (χ1) is 11.2. The van der Waals surface area contributed by atoms with Gasteiger partial charge in [-0.25, -0.2) is 0 Å². The summed E-state index contributed by atoms with van der Waals surface area (Å²) in [6.45, 7) is 0.497. The van der Waals surface area contributed by atoms with E-state index in [1.807, 2.05) is 24.3 Å². The highest BCUT2D eigenvalue weighted by Gasteiger charge is 2.25. The summed E-state index contributed by atoms with van der Waals surface area (Å²) >= 11 is 0. The van der Waals surface area contributed by atoms with Gasteiger partial charge in [0.2, 0.25) is 0 Å². The SMILES string of the molecule is COc1ccc(-c2cc(C(=O)NCC3CCCC3O)[nH]n2)cc1. The van der Waals surface area contributed by atoms with Crippen molar-refractivity contribution in [3.05, 3.63) is 36.0 Å². The molecule has 6 heteroatoms. The summed E-state index contributed by atoms with van der Waals surface area (Å²) in [7, 11) is 1.62. The standard InChI is InChI=1S/C17H21N3O3/c1-23-13-7-5-11(6-8-13)14-9-15(20-19-14)17(22)18-10-12-3-2-4-16(12)21/h5-9,12,16,21H,2-4,10H2,1H3,(H,18,22)(H,19,20). The minimum atomic E-state index is -0.299. The van der Waals surface area contributed by atoms with Crippen molar-refractivity contribution >= 4 is 5.91 Å². The number of aromatic amines is 1. The van der Waals surface area contributed by atoms with E-state index >= 15 is 0 Å². The zero-order chi connectivity index (χ0) is 16.2. The van der Waals surface area contributed by atoms with Gasteiger partial charge in [0.25, 0.3) is 5.91 Å². The minimum absolute atomic E-state index is 0.155. The van der Waals surface area contributed by atoms with Crippen LogP contribution in [0.3, 0.4) is 0 Å². The molecule has 1 saturated carbocycles. The van der Waals surface area contributed by atoms with Crippen molar-refractivity contribution in [3.63, 3.8) is 0 Å². The van der Waals surface area contributed by atoms with Crippen LogP contribution >= 0.6 is 0 Å². The molecule has 2 atom stereocenters. The van der Waals surface area contributed by atoms with Crippen LogP contribution in [0.4, 0.5) is 0 Å². The predicted octanol–water partition coefficient (Wildman–Crippen LogP) is 1.98. The lowest BCUT2D eigenvalue weighted by Gasteiger charge is -2.14. The zero-order valence-electron chi connectivity index (χ0n) is 13.1. The lowest BCUT2D eigenvalue weighted by Crippen LogP contribution is -2.32. The molecule has 1 aromatic heterocycles. The summed E-state index contributed by atoms with van der Waals surface area (Å²) < 4.78 is 5.13. The number of carbonyl (C=O) groups excluding carboxylic acids is 1. The number of aliphatic hydroxyl groups is 1. The molecule has 1 amide bonds. The fraction of sp³-hybridized carbons (Fsp3) is 0.412. The molecule has 0 aliphatic heterocycles. The van der Waals surface area contributed by atoms with Gasteiger partial charge in [0.05, 0.1) is 18.9 Å². The molecule has 2 unspecified atom stereocenters. The maximum absolute atomic E-state index is 12.2. The van der Waals surface area contributed by atoms with Crippen molar-refractivity contribution in [1.29, 1.82) is 0 Å². The second-order valence-corrected chi connectivity index (χ2v) is 5.86. The van der Waals surface area contributed by atoms with Crippen molar-refractivity contribution in [2.75, 3.05) is 13.7 Å². The smallest absolute Gasteiger partial charge is 0.269 e. The molecule has 3 rings (SSSR count). The van der Waals surface area contributed by atoms with Gasteiger partial charge < -0.3 is 15.2 Å². The van der Waals surface area contributed by atoms with Crippen LogP contribution in [0.15, 0.2) is 30.3 Å². The second kappa shape index (κ2) is 6.83. The Balaban J connectivity index is 1.62. The highest BCUT2D eigenvalue weighted by Crippen LogP contribution is 2.25. The lowest BCUT2D eigenvalue weighted by atomic mass is 10.1. The van der Waals surface area contributed by atoms with E-state index in [4.69, 9.17) is 4.74 Å². The average Bonchev–Trinajstić information content (AvgIpc) is 3.22. The highest BCUT2D eigenvalue weighted by atomic mass is 16.5. The molecule has 6 nitrogen and oxygen atoms in total. The third-order valence-electron chi connectivity index (χ3n) is 4.35. The number of nitrogens with one attached hydrogen (secondary N) is 2. The molecule has 122 valence electrons. The Morgan fingerprint density at radius 3 is 2.83 bits per heavy atom. The number of aliphatic hydroxyl groups excluding tert-OH is 1. The predicted molar refractivity (Wildman–Crippen MR) is 86.3 cm³/mol. The fourth-order valence-corrected chi connectivity index (χ4v) is 2.92. The quantitative estimate of drug-likeness (QED) is 0.787. The molecule has 0 saturated heterocycles. The number of methoxy groups -OCH3 is 1. The molecular weight excluding hydrogens is 294 g/mol. The normalized spacial score (nSPS) is 20.4. The molecule has 1 aliphatic rings. The second-order valence-electron chi connectivity index (χ2n) is 5.86. The van der Waals surface area contributed by atoms with E-state index < -0.39 is 0 Å². The maximum atomic E-state index is 12.2. The van der Waals surface area contributed by atoms with E-state index in [-0.39, 0.29) is 17.9 Å². The molecule has 2 aromatic rings. The van der Waals surface area contributed by atoms with Crippen molar-refractivity contribution in [2.24, 2.45) is 5.92 Å². The van der Waals surface area contributed by atoms with Crippen LogP contribution in [-0.2, 0) is 0 Å². The van der Waals surface area contributed by atoms with Gasteiger partial charge in [-0.05, 0) is 43.2 Å². The number of ether oxygens (including phenoxy) is 1. The highest BCUT2D eigenvalue weighted by molar-refractivity contribution is 5.93. The Morgan fingerprint density at radius 2 is 2.17 bits per heavy atom. The van der Waals surface area contributed by atoms with E-state index in [1.54, 1.807) is 13.2 Å². The van der Waals surface area contributed by atoms with Gasteiger partial charge in [-0.1, -0.05) is 6.42 Å². The molecule has 1 aliphatic carbocycles. The first-order valence-electron chi connectivity index (χ1n) is 7.83. The summed E-state index contributed by atoms with van der Waals surface area (Å²) in [5, 5.41) is 19.6. The molecule has 0 bridgehead atoms. The summed E-state index contributed by atoms with van der Waals surface area (Å²) in [4.78, 5) is 12.2. The maximum Gasteiger partial charge on any atom is 0.269 e. The van der Waals surface area contributed by atoms with Gasteiger partial charge in [-0.2, -0.15) is 5.10 Å². The Labute approximate surface area is 134 Å². The molecule has 1 heterocycles. The van der Waals surface area contributed by atoms with Gasteiger partial charge in [-0.15, -0.1) is 0 Å². The third kappa shape index (κ3) is 3.53. The van der Waals surface area contributed by atoms with Crippen molar-refractivity contribution < 1.29 is 14.6 Å². The summed E-state index contributed by atoms with van der Waals surface area (Å²) in [6.07, 6.45) is 2.51. The van der Waals surface area contributed by atoms with E-state index in [0.29, 0.717) is 17.9 Å². The number of hydrogen-bond acceptors (Lipinski definition) is 4. The molecule has 0 spiro atoms. The number of hydrogen-bond donors (Lipinski definition) is 3. The fourth-order valence-electron chi connectivity index (χ4n) is 2.92. The van der Waals surface area contributed by atoms with Crippen LogP contribution in [0.5, 0.6) is 5.75 Å². The van der Waals surface area contributed by atoms with Crippen LogP contribution in [-0.4, -0.2) is 41.0 Å². The first kappa shape index (κ1) is 15.6. The third-order valence-corrected chi connectivity index (χ3v) is 4.35. The van der Waals surface area contributed by atoms with Crippen molar-refractivity contribution in [1.82, 2.24) is 15.5 Å². The Morgan fingerprint density at radius 1 is 1.39 bits per heavy atom. The van der Waals surface area contributed by atoms with E-state index in [1.165, 1.54) is 0 Å². The Hall–Kier alpha value is -2.34. The average molecular weight is 315 g/mol. The molecule has 23 heavy (non-hydrogen) atoms. The number of benzene rings is 1. The van der Waals surface area contributed by atoms with E-state index in [2.05, 4.69) is 15.5 Å². The van der Waals surface area contributed by atoms with Crippen LogP contribution < -0.4 is 10.1 Å². The monoisotopic (exact) mass is 315 g/mol.